The summed E-state index contributed by atoms with van der Waals surface area (Å²) in [6, 6.07) is 9.35. The van der Waals surface area contributed by atoms with E-state index in [1.54, 1.807) is 29.3 Å². The minimum atomic E-state index is -0.0742. The molecule has 0 aliphatic rings. The van der Waals surface area contributed by atoms with E-state index in [9.17, 15) is 4.79 Å². The van der Waals surface area contributed by atoms with Crippen LogP contribution in [0.25, 0.3) is 11.1 Å². The molecule has 0 aliphatic carbocycles. The number of halogens is 1. The molecule has 2 heterocycles. The first-order valence-electron chi connectivity index (χ1n) is 7.55. The zero-order valence-electron chi connectivity index (χ0n) is 13.2. The van der Waals surface area contributed by atoms with Crippen LogP contribution >= 0.6 is 11.6 Å². The normalized spacial score (nSPS) is 10.6. The van der Waals surface area contributed by atoms with Crippen molar-refractivity contribution in [2.75, 3.05) is 0 Å². The second kappa shape index (κ2) is 7.27. The van der Waals surface area contributed by atoms with Gasteiger partial charge in [0.25, 0.3) is 0 Å². The summed E-state index contributed by atoms with van der Waals surface area (Å²) in [5.74, 6) is -0.0742. The molecule has 1 amide bonds. The molecule has 0 bridgehead atoms. The van der Waals surface area contributed by atoms with Crippen molar-refractivity contribution in [1.82, 2.24) is 20.1 Å². The Hall–Kier alpha value is -2.66. The van der Waals surface area contributed by atoms with Crippen molar-refractivity contribution in [2.45, 2.75) is 13.0 Å². The Morgan fingerprint density at radius 1 is 1.21 bits per heavy atom. The van der Waals surface area contributed by atoms with Crippen molar-refractivity contribution in [2.24, 2.45) is 7.05 Å². The minimum Gasteiger partial charge on any atom is -0.352 e. The summed E-state index contributed by atoms with van der Waals surface area (Å²) in [7, 11) is 1.87. The van der Waals surface area contributed by atoms with Gasteiger partial charge in [0, 0.05) is 48.3 Å². The molecule has 0 radical (unpaired) electrons. The largest absolute Gasteiger partial charge is 0.352 e. The highest BCUT2D eigenvalue weighted by Gasteiger charge is 2.07. The molecule has 1 aromatic carbocycles. The molecular formula is C18H17ClN4O. The van der Waals surface area contributed by atoms with Crippen LogP contribution in [0.15, 0.2) is 55.1 Å². The first-order chi connectivity index (χ1) is 11.6. The molecule has 0 spiro atoms. The van der Waals surface area contributed by atoms with E-state index in [1.807, 2.05) is 37.5 Å². The number of aromatic nitrogens is 3. The number of nitrogens with one attached hydrogen (secondary N) is 1. The Bertz CT molecular complexity index is 859. The highest BCUT2D eigenvalue weighted by molar-refractivity contribution is 6.31. The van der Waals surface area contributed by atoms with Crippen molar-refractivity contribution in [1.29, 1.82) is 0 Å². The van der Waals surface area contributed by atoms with Crippen LogP contribution in [0, 0.1) is 0 Å². The predicted molar refractivity (Wildman–Crippen MR) is 93.4 cm³/mol. The monoisotopic (exact) mass is 340 g/mol. The van der Waals surface area contributed by atoms with Crippen molar-refractivity contribution < 1.29 is 4.79 Å². The van der Waals surface area contributed by atoms with E-state index in [0.717, 1.165) is 22.3 Å². The van der Waals surface area contributed by atoms with Gasteiger partial charge in [-0.15, -0.1) is 0 Å². The lowest BCUT2D eigenvalue weighted by Gasteiger charge is -2.07. The van der Waals surface area contributed by atoms with Crippen molar-refractivity contribution >= 4 is 17.5 Å². The van der Waals surface area contributed by atoms with E-state index in [1.165, 1.54) is 0 Å². The van der Waals surface area contributed by atoms with E-state index >= 15 is 0 Å². The molecule has 24 heavy (non-hydrogen) atoms. The van der Waals surface area contributed by atoms with Crippen LogP contribution < -0.4 is 5.32 Å². The van der Waals surface area contributed by atoms with E-state index in [-0.39, 0.29) is 12.3 Å². The molecule has 3 rings (SSSR count). The Morgan fingerprint density at radius 3 is 2.79 bits per heavy atom. The van der Waals surface area contributed by atoms with Gasteiger partial charge in [-0.05, 0) is 23.3 Å². The average molecular weight is 341 g/mol. The molecule has 0 unspecified atom stereocenters. The Labute approximate surface area is 145 Å². The highest BCUT2D eigenvalue weighted by atomic mass is 35.5. The summed E-state index contributed by atoms with van der Waals surface area (Å²) in [6.45, 7) is 0.421. The van der Waals surface area contributed by atoms with Gasteiger partial charge in [-0.2, -0.15) is 5.10 Å². The SMILES string of the molecule is Cn1cc(-c2cncc(CNC(=O)Cc3ccccc3Cl)c2)cn1. The molecule has 0 atom stereocenters. The zero-order valence-corrected chi connectivity index (χ0v) is 14.0. The molecule has 0 saturated heterocycles. The quantitative estimate of drug-likeness (QED) is 0.776. The van der Waals surface area contributed by atoms with Crippen LogP contribution in [0.2, 0.25) is 5.02 Å². The lowest BCUT2D eigenvalue weighted by molar-refractivity contribution is -0.120. The van der Waals surface area contributed by atoms with Gasteiger partial charge in [-0.25, -0.2) is 0 Å². The fraction of sp³-hybridized carbons (Fsp3) is 0.167. The molecule has 0 saturated carbocycles. The molecule has 122 valence electrons. The number of aryl methyl sites for hydroxylation is 1. The lowest BCUT2D eigenvalue weighted by Crippen LogP contribution is -2.24. The fourth-order valence-electron chi connectivity index (χ4n) is 2.39. The summed E-state index contributed by atoms with van der Waals surface area (Å²) in [5, 5.41) is 7.66. The summed E-state index contributed by atoms with van der Waals surface area (Å²) >= 11 is 6.08. The zero-order chi connectivity index (χ0) is 16.9. The topological polar surface area (TPSA) is 59.8 Å². The highest BCUT2D eigenvalue weighted by Crippen LogP contribution is 2.18. The summed E-state index contributed by atoms with van der Waals surface area (Å²) in [4.78, 5) is 16.3. The van der Waals surface area contributed by atoms with E-state index < -0.39 is 0 Å². The maximum Gasteiger partial charge on any atom is 0.224 e. The molecule has 0 aliphatic heterocycles. The van der Waals surface area contributed by atoms with Crippen LogP contribution in [0.1, 0.15) is 11.1 Å². The third-order valence-corrected chi connectivity index (χ3v) is 4.00. The second-order valence-electron chi connectivity index (χ2n) is 5.53. The second-order valence-corrected chi connectivity index (χ2v) is 5.94. The number of benzene rings is 1. The van der Waals surface area contributed by atoms with E-state index in [4.69, 9.17) is 11.6 Å². The van der Waals surface area contributed by atoms with Gasteiger partial charge < -0.3 is 5.32 Å². The smallest absolute Gasteiger partial charge is 0.224 e. The third-order valence-electron chi connectivity index (χ3n) is 3.63. The fourth-order valence-corrected chi connectivity index (χ4v) is 2.59. The molecule has 3 aromatic rings. The number of carbonyl (C=O) groups excluding carboxylic acids is 1. The molecule has 1 N–H and O–H groups in total. The van der Waals surface area contributed by atoms with E-state index in [2.05, 4.69) is 15.4 Å². The minimum absolute atomic E-state index is 0.0742. The standard InChI is InChI=1S/C18H17ClN4O/c1-23-12-16(11-22-23)15-6-13(8-20-10-15)9-21-18(24)7-14-4-2-3-5-17(14)19/h2-6,8,10-12H,7,9H2,1H3,(H,21,24). The number of rotatable bonds is 5. The lowest BCUT2D eigenvalue weighted by atomic mass is 10.1. The van der Waals surface area contributed by atoms with Gasteiger partial charge in [0.1, 0.15) is 0 Å². The predicted octanol–water partition coefficient (Wildman–Crippen LogP) is 2.99. The van der Waals surface area contributed by atoms with Gasteiger partial charge in [0.15, 0.2) is 0 Å². The Balaban J connectivity index is 1.62. The number of amides is 1. The molecule has 6 heteroatoms. The number of nitrogens with zero attached hydrogens (tertiary/aromatic N) is 3. The third kappa shape index (κ3) is 4.00. The summed E-state index contributed by atoms with van der Waals surface area (Å²) in [5.41, 5.74) is 3.72. The first kappa shape index (κ1) is 16.2. The van der Waals surface area contributed by atoms with Crippen molar-refractivity contribution in [3.05, 3.63) is 71.3 Å². The number of hydrogen-bond acceptors (Lipinski definition) is 3. The van der Waals surface area contributed by atoms with Gasteiger partial charge in [0.05, 0.1) is 12.6 Å². The average Bonchev–Trinajstić information content (AvgIpc) is 3.02. The van der Waals surface area contributed by atoms with E-state index in [0.29, 0.717) is 11.6 Å². The Morgan fingerprint density at radius 2 is 2.04 bits per heavy atom. The van der Waals surface area contributed by atoms with Crippen LogP contribution in [-0.2, 0) is 24.8 Å². The number of pyridine rings is 1. The van der Waals surface area contributed by atoms with Gasteiger partial charge in [-0.1, -0.05) is 29.8 Å². The number of carbonyl (C=O) groups is 1. The van der Waals surface area contributed by atoms with Crippen molar-refractivity contribution in [3.8, 4) is 11.1 Å². The maximum atomic E-state index is 12.1. The summed E-state index contributed by atoms with van der Waals surface area (Å²) in [6.07, 6.45) is 7.50. The first-order valence-corrected chi connectivity index (χ1v) is 7.92. The number of hydrogen-bond donors (Lipinski definition) is 1. The van der Waals surface area contributed by atoms with Crippen LogP contribution in [0.3, 0.4) is 0 Å². The van der Waals surface area contributed by atoms with Gasteiger partial charge >= 0.3 is 0 Å². The summed E-state index contributed by atoms with van der Waals surface area (Å²) < 4.78 is 1.74. The molecule has 0 fully saturated rings. The molecule has 5 nitrogen and oxygen atoms in total. The maximum absolute atomic E-state index is 12.1. The molecular weight excluding hydrogens is 324 g/mol. The van der Waals surface area contributed by atoms with Crippen LogP contribution in [0.4, 0.5) is 0 Å². The van der Waals surface area contributed by atoms with Crippen molar-refractivity contribution in [3.63, 3.8) is 0 Å². The Kier molecular flexibility index (Phi) is 4.91. The van der Waals surface area contributed by atoms with Crippen LogP contribution in [-0.4, -0.2) is 20.7 Å². The van der Waals surface area contributed by atoms with Gasteiger partial charge in [-0.3, -0.25) is 14.5 Å². The van der Waals surface area contributed by atoms with Crippen LogP contribution in [0.5, 0.6) is 0 Å². The van der Waals surface area contributed by atoms with Gasteiger partial charge in [0.2, 0.25) is 5.91 Å². The molecule has 2 aromatic heterocycles.